The number of Topliss-reactive ketones (excluding diaryl/α,β-unsaturated/α-hetero) is 1. The van der Waals surface area contributed by atoms with Crippen molar-refractivity contribution < 1.29 is 4.79 Å². The third kappa shape index (κ3) is 3.89. The number of aryl methyl sites for hydroxylation is 1. The number of aromatic nitrogens is 2. The summed E-state index contributed by atoms with van der Waals surface area (Å²) >= 11 is 0. The normalized spacial score (nSPS) is 10.7. The van der Waals surface area contributed by atoms with Crippen LogP contribution in [0.1, 0.15) is 31.4 Å². The van der Waals surface area contributed by atoms with Crippen molar-refractivity contribution in [3.05, 3.63) is 72.3 Å². The fourth-order valence-electron chi connectivity index (χ4n) is 2.92. The number of hydrogen-bond donors (Lipinski definition) is 0. The Labute approximate surface area is 153 Å². The summed E-state index contributed by atoms with van der Waals surface area (Å²) < 4.78 is 1.95. The van der Waals surface area contributed by atoms with Crippen LogP contribution >= 0.6 is 0 Å². The van der Waals surface area contributed by atoms with Gasteiger partial charge in [0.15, 0.2) is 0 Å². The Bertz CT molecular complexity index is 933. The van der Waals surface area contributed by atoms with Gasteiger partial charge < -0.3 is 4.57 Å². The Morgan fingerprint density at radius 1 is 1.19 bits per heavy atom. The van der Waals surface area contributed by atoms with Crippen molar-refractivity contribution in [3.8, 4) is 22.9 Å². The van der Waals surface area contributed by atoms with E-state index in [-0.39, 0.29) is 11.7 Å². The Morgan fingerprint density at radius 3 is 2.58 bits per heavy atom. The second-order valence-electron chi connectivity index (χ2n) is 6.62. The molecule has 0 aliphatic heterocycles. The van der Waals surface area contributed by atoms with Crippen molar-refractivity contribution in [1.82, 2.24) is 9.55 Å². The first kappa shape index (κ1) is 17.6. The molecule has 0 unspecified atom stereocenters. The molecule has 0 saturated carbocycles. The highest BCUT2D eigenvalue weighted by atomic mass is 16.1. The summed E-state index contributed by atoms with van der Waals surface area (Å²) in [5.74, 6) is 0.279. The molecule has 0 radical (unpaired) electrons. The van der Waals surface area contributed by atoms with Gasteiger partial charge in [0.1, 0.15) is 5.78 Å². The molecule has 0 saturated heterocycles. The number of imidazole rings is 1. The molecule has 1 aromatic heterocycles. The monoisotopic (exact) mass is 343 g/mol. The van der Waals surface area contributed by atoms with Crippen molar-refractivity contribution in [2.24, 2.45) is 5.92 Å². The van der Waals surface area contributed by atoms with Gasteiger partial charge in [-0.25, -0.2) is 4.98 Å². The van der Waals surface area contributed by atoms with Crippen molar-refractivity contribution in [2.75, 3.05) is 0 Å². The quantitative estimate of drug-likeness (QED) is 0.659. The lowest BCUT2D eigenvalue weighted by molar-refractivity contribution is -0.121. The zero-order valence-electron chi connectivity index (χ0n) is 15.0. The van der Waals surface area contributed by atoms with E-state index < -0.39 is 0 Å². The van der Waals surface area contributed by atoms with Crippen LogP contribution in [0.15, 0.2) is 61.2 Å². The van der Waals surface area contributed by atoms with E-state index in [1.807, 2.05) is 54.9 Å². The number of rotatable bonds is 6. The van der Waals surface area contributed by atoms with Crippen LogP contribution in [-0.2, 0) is 11.2 Å². The maximum atomic E-state index is 12.0. The van der Waals surface area contributed by atoms with Gasteiger partial charge in [-0.15, -0.1) is 0 Å². The SMILES string of the molecule is CC(C)C(=O)CCc1cc(C#N)ccc1-c1ccc(-n2ccnc2)cc1. The van der Waals surface area contributed by atoms with Crippen molar-refractivity contribution in [1.29, 1.82) is 5.26 Å². The van der Waals surface area contributed by atoms with Crippen LogP contribution in [0.2, 0.25) is 0 Å². The number of ketones is 1. The summed E-state index contributed by atoms with van der Waals surface area (Å²) in [4.78, 5) is 16.1. The molecule has 2 aromatic carbocycles. The fraction of sp³-hybridized carbons (Fsp3) is 0.227. The summed E-state index contributed by atoms with van der Waals surface area (Å²) in [6.07, 6.45) is 6.55. The first-order chi connectivity index (χ1) is 12.6. The smallest absolute Gasteiger partial charge is 0.135 e. The lowest BCUT2D eigenvalue weighted by Gasteiger charge is -2.12. The Kier molecular flexibility index (Phi) is 5.28. The number of carbonyl (C=O) groups is 1. The summed E-state index contributed by atoms with van der Waals surface area (Å²) in [7, 11) is 0. The largest absolute Gasteiger partial charge is 0.306 e. The number of nitrogens with zero attached hydrogens (tertiary/aromatic N) is 3. The maximum Gasteiger partial charge on any atom is 0.135 e. The van der Waals surface area contributed by atoms with Gasteiger partial charge in [-0.3, -0.25) is 4.79 Å². The molecule has 0 fully saturated rings. The molecule has 0 amide bonds. The van der Waals surface area contributed by atoms with E-state index in [9.17, 15) is 10.1 Å². The molecule has 4 nitrogen and oxygen atoms in total. The van der Waals surface area contributed by atoms with E-state index in [0.29, 0.717) is 18.4 Å². The second kappa shape index (κ2) is 7.79. The van der Waals surface area contributed by atoms with Gasteiger partial charge in [0, 0.05) is 30.4 Å². The van der Waals surface area contributed by atoms with Gasteiger partial charge in [-0.1, -0.05) is 32.0 Å². The summed E-state index contributed by atoms with van der Waals surface area (Å²) in [6, 6.07) is 16.1. The molecule has 4 heteroatoms. The molecule has 3 aromatic rings. The fourth-order valence-corrected chi connectivity index (χ4v) is 2.92. The minimum absolute atomic E-state index is 0.0343. The number of hydrogen-bond acceptors (Lipinski definition) is 3. The van der Waals surface area contributed by atoms with Crippen molar-refractivity contribution >= 4 is 5.78 Å². The molecule has 3 rings (SSSR count). The molecule has 0 atom stereocenters. The third-order valence-electron chi connectivity index (χ3n) is 4.50. The highest BCUT2D eigenvalue weighted by molar-refractivity contribution is 5.81. The molecule has 0 aliphatic rings. The van der Waals surface area contributed by atoms with Gasteiger partial charge >= 0.3 is 0 Å². The molecule has 0 spiro atoms. The predicted molar refractivity (Wildman–Crippen MR) is 102 cm³/mol. The highest BCUT2D eigenvalue weighted by Gasteiger charge is 2.11. The van der Waals surface area contributed by atoms with E-state index in [1.165, 1.54) is 0 Å². The van der Waals surface area contributed by atoms with Crippen molar-refractivity contribution in [2.45, 2.75) is 26.7 Å². The second-order valence-corrected chi connectivity index (χ2v) is 6.62. The maximum absolute atomic E-state index is 12.0. The zero-order valence-corrected chi connectivity index (χ0v) is 15.0. The number of nitriles is 1. The molecule has 130 valence electrons. The summed E-state index contributed by atoms with van der Waals surface area (Å²) in [6.45, 7) is 3.84. The number of carbonyl (C=O) groups excluding carboxylic acids is 1. The first-order valence-corrected chi connectivity index (χ1v) is 8.73. The Hall–Kier alpha value is -3.19. The minimum atomic E-state index is 0.0343. The third-order valence-corrected chi connectivity index (χ3v) is 4.50. The summed E-state index contributed by atoms with van der Waals surface area (Å²) in [5, 5.41) is 9.21. The summed E-state index contributed by atoms with van der Waals surface area (Å²) in [5.41, 5.74) is 4.84. The van der Waals surface area contributed by atoms with Crippen LogP contribution in [0.4, 0.5) is 0 Å². The topological polar surface area (TPSA) is 58.7 Å². The Morgan fingerprint density at radius 2 is 1.96 bits per heavy atom. The van der Waals surface area contributed by atoms with Crippen LogP contribution < -0.4 is 0 Å². The molecule has 1 heterocycles. The molecule has 0 aliphatic carbocycles. The van der Waals surface area contributed by atoms with Crippen LogP contribution in [0, 0.1) is 17.2 Å². The minimum Gasteiger partial charge on any atom is -0.306 e. The van der Waals surface area contributed by atoms with Gasteiger partial charge in [-0.05, 0) is 47.4 Å². The van der Waals surface area contributed by atoms with E-state index in [0.717, 1.165) is 22.4 Å². The van der Waals surface area contributed by atoms with Gasteiger partial charge in [-0.2, -0.15) is 5.26 Å². The van der Waals surface area contributed by atoms with Crippen molar-refractivity contribution in [3.63, 3.8) is 0 Å². The van der Waals surface area contributed by atoms with Gasteiger partial charge in [0.2, 0.25) is 0 Å². The van der Waals surface area contributed by atoms with Crippen LogP contribution in [0.5, 0.6) is 0 Å². The van der Waals surface area contributed by atoms with Gasteiger partial charge in [0.05, 0.1) is 18.0 Å². The van der Waals surface area contributed by atoms with E-state index in [4.69, 9.17) is 0 Å². The van der Waals surface area contributed by atoms with E-state index >= 15 is 0 Å². The van der Waals surface area contributed by atoms with Crippen LogP contribution in [0.25, 0.3) is 16.8 Å². The average Bonchev–Trinajstić information content (AvgIpc) is 3.20. The van der Waals surface area contributed by atoms with Crippen LogP contribution in [0.3, 0.4) is 0 Å². The number of benzene rings is 2. The van der Waals surface area contributed by atoms with E-state index in [1.54, 1.807) is 12.5 Å². The highest BCUT2D eigenvalue weighted by Crippen LogP contribution is 2.27. The molecule has 0 N–H and O–H groups in total. The zero-order chi connectivity index (χ0) is 18.5. The first-order valence-electron chi connectivity index (χ1n) is 8.73. The molecule has 26 heavy (non-hydrogen) atoms. The van der Waals surface area contributed by atoms with E-state index in [2.05, 4.69) is 23.2 Å². The average molecular weight is 343 g/mol. The lowest BCUT2D eigenvalue weighted by atomic mass is 9.93. The standard InChI is InChI=1S/C22H21N3O/c1-16(2)22(26)10-6-19-13-17(14-23)3-9-21(19)18-4-7-20(8-5-18)25-12-11-24-15-25/h3-5,7-9,11-13,15-16H,6,10H2,1-2H3. The predicted octanol–water partition coefficient (Wildman–Crippen LogP) is 4.57. The van der Waals surface area contributed by atoms with Gasteiger partial charge in [0.25, 0.3) is 0 Å². The molecule has 0 bridgehead atoms. The lowest BCUT2D eigenvalue weighted by Crippen LogP contribution is -2.08. The Balaban J connectivity index is 1.91. The molecular formula is C22H21N3O. The van der Waals surface area contributed by atoms with Crippen LogP contribution in [-0.4, -0.2) is 15.3 Å². The molecular weight excluding hydrogens is 322 g/mol.